The fourth-order valence-corrected chi connectivity index (χ4v) is 3.59. The Morgan fingerprint density at radius 2 is 2.00 bits per heavy atom. The second-order valence-electron chi connectivity index (χ2n) is 7.06. The van der Waals surface area contributed by atoms with Gasteiger partial charge in [0.2, 0.25) is 11.9 Å². The summed E-state index contributed by atoms with van der Waals surface area (Å²) >= 11 is 0. The minimum Gasteiger partial charge on any atom is -0.342 e. The molecule has 0 spiro atoms. The summed E-state index contributed by atoms with van der Waals surface area (Å²) < 4.78 is 1.75. The van der Waals surface area contributed by atoms with Gasteiger partial charge in [-0.1, -0.05) is 24.3 Å². The van der Waals surface area contributed by atoms with Crippen LogP contribution in [0.3, 0.4) is 0 Å². The largest absolute Gasteiger partial charge is 0.342 e. The first-order chi connectivity index (χ1) is 13.1. The van der Waals surface area contributed by atoms with E-state index in [0.717, 1.165) is 30.9 Å². The lowest BCUT2D eigenvalue weighted by Gasteiger charge is -2.15. The molecule has 0 bridgehead atoms. The van der Waals surface area contributed by atoms with Crippen LogP contribution in [0.15, 0.2) is 54.9 Å². The van der Waals surface area contributed by atoms with E-state index in [1.54, 1.807) is 17.9 Å². The van der Waals surface area contributed by atoms with Crippen LogP contribution in [0, 0.1) is 6.92 Å². The molecule has 1 saturated heterocycles. The van der Waals surface area contributed by atoms with Gasteiger partial charge in [0.25, 0.3) is 0 Å². The number of carbonyl (C=O) groups is 1. The first-order valence-corrected chi connectivity index (χ1v) is 9.20. The Morgan fingerprint density at radius 1 is 1.19 bits per heavy atom. The van der Waals surface area contributed by atoms with E-state index in [1.165, 1.54) is 11.1 Å². The first-order valence-electron chi connectivity index (χ1n) is 9.20. The van der Waals surface area contributed by atoms with E-state index in [0.29, 0.717) is 11.9 Å². The topological polar surface area (TPSA) is 63.1 Å². The number of nitrogens with zero attached hydrogens (tertiary/aromatic N) is 4. The molecule has 1 unspecified atom stereocenters. The Labute approximate surface area is 158 Å². The highest BCUT2D eigenvalue weighted by Crippen LogP contribution is 2.30. The normalized spacial score (nSPS) is 16.5. The summed E-state index contributed by atoms with van der Waals surface area (Å²) in [7, 11) is 0. The molecule has 1 atom stereocenters. The van der Waals surface area contributed by atoms with Gasteiger partial charge in [-0.05, 0) is 48.7 Å². The van der Waals surface area contributed by atoms with Crippen LogP contribution in [-0.4, -0.2) is 38.7 Å². The maximum Gasteiger partial charge on any atom is 0.246 e. The molecule has 1 N–H and O–H groups in total. The van der Waals surface area contributed by atoms with E-state index in [-0.39, 0.29) is 5.91 Å². The van der Waals surface area contributed by atoms with Crippen molar-refractivity contribution >= 4 is 17.5 Å². The van der Waals surface area contributed by atoms with Gasteiger partial charge < -0.3 is 10.2 Å². The van der Waals surface area contributed by atoms with Crippen LogP contribution in [0.2, 0.25) is 0 Å². The molecule has 0 aliphatic carbocycles. The van der Waals surface area contributed by atoms with Gasteiger partial charge in [-0.25, -0.2) is 4.68 Å². The van der Waals surface area contributed by atoms with Crippen LogP contribution in [0.4, 0.5) is 11.6 Å². The summed E-state index contributed by atoms with van der Waals surface area (Å²) in [6.07, 6.45) is 2.71. The zero-order chi connectivity index (χ0) is 18.8. The fraction of sp³-hybridized carbons (Fsp3) is 0.286. The summed E-state index contributed by atoms with van der Waals surface area (Å²) in [5.41, 5.74) is 4.37. The Hall–Kier alpha value is -3.15. The molecule has 0 saturated carbocycles. The maximum absolute atomic E-state index is 11.6. The SMILES string of the molecule is CC(=O)N1CCC(c2cc(C)cc(Nc3ncn(-c4ccccc4)n3)c2)C1. The third kappa shape index (κ3) is 3.84. The van der Waals surface area contributed by atoms with Crippen LogP contribution in [0.25, 0.3) is 5.69 Å². The van der Waals surface area contributed by atoms with Crippen LogP contribution < -0.4 is 5.32 Å². The lowest BCUT2D eigenvalue weighted by Crippen LogP contribution is -2.25. The van der Waals surface area contributed by atoms with Crippen molar-refractivity contribution in [2.24, 2.45) is 0 Å². The Bertz CT molecular complexity index is 950. The van der Waals surface area contributed by atoms with Gasteiger partial charge in [-0.15, -0.1) is 5.10 Å². The molecular formula is C21H23N5O. The van der Waals surface area contributed by atoms with Gasteiger partial charge in [0.15, 0.2) is 0 Å². The van der Waals surface area contributed by atoms with E-state index >= 15 is 0 Å². The number of aromatic nitrogens is 3. The van der Waals surface area contributed by atoms with Crippen molar-refractivity contribution in [2.45, 2.75) is 26.2 Å². The molecule has 2 aromatic carbocycles. The minimum atomic E-state index is 0.152. The monoisotopic (exact) mass is 361 g/mol. The molecule has 27 heavy (non-hydrogen) atoms. The average molecular weight is 361 g/mol. The van der Waals surface area contributed by atoms with Crippen molar-refractivity contribution in [3.05, 3.63) is 66.0 Å². The molecule has 2 heterocycles. The second kappa shape index (κ2) is 7.23. The lowest BCUT2D eigenvalue weighted by molar-refractivity contribution is -0.127. The average Bonchev–Trinajstić information content (AvgIpc) is 3.32. The summed E-state index contributed by atoms with van der Waals surface area (Å²) in [6, 6.07) is 16.3. The van der Waals surface area contributed by atoms with Gasteiger partial charge in [-0.3, -0.25) is 4.79 Å². The Balaban J connectivity index is 1.52. The smallest absolute Gasteiger partial charge is 0.246 e. The molecule has 4 rings (SSSR count). The van der Waals surface area contributed by atoms with Gasteiger partial charge >= 0.3 is 0 Å². The molecular weight excluding hydrogens is 338 g/mol. The highest BCUT2D eigenvalue weighted by atomic mass is 16.2. The summed E-state index contributed by atoms with van der Waals surface area (Å²) in [5.74, 6) is 1.09. The van der Waals surface area contributed by atoms with Gasteiger partial charge in [-0.2, -0.15) is 4.98 Å². The number of rotatable bonds is 4. The summed E-state index contributed by atoms with van der Waals surface area (Å²) in [5, 5.41) is 7.82. The third-order valence-corrected chi connectivity index (χ3v) is 4.97. The van der Waals surface area contributed by atoms with E-state index in [9.17, 15) is 4.79 Å². The maximum atomic E-state index is 11.6. The van der Waals surface area contributed by atoms with Crippen molar-refractivity contribution in [3.63, 3.8) is 0 Å². The highest BCUT2D eigenvalue weighted by molar-refractivity contribution is 5.73. The van der Waals surface area contributed by atoms with E-state index < -0.39 is 0 Å². The predicted octanol–water partition coefficient (Wildman–Crippen LogP) is 3.66. The van der Waals surface area contributed by atoms with E-state index in [4.69, 9.17) is 0 Å². The van der Waals surface area contributed by atoms with Crippen molar-refractivity contribution < 1.29 is 4.79 Å². The van der Waals surface area contributed by atoms with Gasteiger partial charge in [0.05, 0.1) is 5.69 Å². The molecule has 1 aliphatic heterocycles. The quantitative estimate of drug-likeness (QED) is 0.770. The van der Waals surface area contributed by atoms with E-state index in [2.05, 4.69) is 40.5 Å². The fourth-order valence-electron chi connectivity index (χ4n) is 3.59. The zero-order valence-electron chi connectivity index (χ0n) is 15.6. The second-order valence-corrected chi connectivity index (χ2v) is 7.06. The first kappa shape index (κ1) is 17.3. The van der Waals surface area contributed by atoms with Crippen molar-refractivity contribution in [2.75, 3.05) is 18.4 Å². The number of aryl methyl sites for hydroxylation is 1. The Kier molecular flexibility index (Phi) is 4.62. The van der Waals surface area contributed by atoms with Gasteiger partial charge in [0.1, 0.15) is 6.33 Å². The van der Waals surface area contributed by atoms with Crippen molar-refractivity contribution in [1.82, 2.24) is 19.7 Å². The number of likely N-dealkylation sites (tertiary alicyclic amines) is 1. The number of benzene rings is 2. The minimum absolute atomic E-state index is 0.152. The van der Waals surface area contributed by atoms with Crippen molar-refractivity contribution in [3.8, 4) is 5.69 Å². The van der Waals surface area contributed by atoms with Crippen LogP contribution in [0.1, 0.15) is 30.4 Å². The molecule has 0 radical (unpaired) electrons. The van der Waals surface area contributed by atoms with Crippen LogP contribution >= 0.6 is 0 Å². The number of hydrogen-bond acceptors (Lipinski definition) is 4. The molecule has 1 aliphatic rings. The number of amides is 1. The number of carbonyl (C=O) groups excluding carboxylic acids is 1. The number of hydrogen-bond donors (Lipinski definition) is 1. The molecule has 138 valence electrons. The Morgan fingerprint density at radius 3 is 2.74 bits per heavy atom. The van der Waals surface area contributed by atoms with E-state index in [1.807, 2.05) is 35.2 Å². The number of anilines is 2. The molecule has 1 aromatic heterocycles. The lowest BCUT2D eigenvalue weighted by atomic mass is 9.96. The molecule has 6 nitrogen and oxygen atoms in total. The summed E-state index contributed by atoms with van der Waals surface area (Å²) in [6.45, 7) is 5.35. The van der Waals surface area contributed by atoms with Gasteiger partial charge in [0, 0.05) is 31.6 Å². The number of nitrogens with one attached hydrogen (secondary N) is 1. The van der Waals surface area contributed by atoms with Crippen LogP contribution in [0.5, 0.6) is 0 Å². The van der Waals surface area contributed by atoms with Crippen LogP contribution in [-0.2, 0) is 4.79 Å². The molecule has 1 amide bonds. The predicted molar refractivity (Wildman–Crippen MR) is 105 cm³/mol. The number of para-hydroxylation sites is 1. The molecule has 6 heteroatoms. The highest BCUT2D eigenvalue weighted by Gasteiger charge is 2.25. The van der Waals surface area contributed by atoms with Crippen molar-refractivity contribution in [1.29, 1.82) is 0 Å². The molecule has 1 fully saturated rings. The standard InChI is InChI=1S/C21H23N5O/c1-15-10-18(17-8-9-25(13-17)16(2)27)12-19(11-15)23-21-22-14-26(24-21)20-6-4-3-5-7-20/h3-7,10-12,14,17H,8-9,13H2,1-2H3,(H,23,24). The third-order valence-electron chi connectivity index (χ3n) is 4.97. The zero-order valence-corrected chi connectivity index (χ0v) is 15.6. The summed E-state index contributed by atoms with van der Waals surface area (Å²) in [4.78, 5) is 17.9. The molecule has 3 aromatic rings.